The van der Waals surface area contributed by atoms with Crippen LogP contribution >= 0.6 is 0 Å². The second kappa shape index (κ2) is 5.69. The van der Waals surface area contributed by atoms with Gasteiger partial charge in [0.1, 0.15) is 11.7 Å². The van der Waals surface area contributed by atoms with Crippen LogP contribution < -0.4 is 0 Å². The highest BCUT2D eigenvalue weighted by atomic mass is 16.5. The van der Waals surface area contributed by atoms with E-state index in [-0.39, 0.29) is 31.1 Å². The van der Waals surface area contributed by atoms with Crippen LogP contribution in [0.5, 0.6) is 0 Å². The Morgan fingerprint density at radius 1 is 1.53 bits per heavy atom. The fourth-order valence-electron chi connectivity index (χ4n) is 2.08. The number of carbonyl (C=O) groups is 3. The molecule has 0 spiro atoms. The van der Waals surface area contributed by atoms with Crippen LogP contribution in [-0.2, 0) is 25.5 Å². The van der Waals surface area contributed by atoms with Crippen LogP contribution in [0.25, 0.3) is 0 Å². The highest BCUT2D eigenvalue weighted by Gasteiger charge is 2.35. The summed E-state index contributed by atoms with van der Waals surface area (Å²) in [7, 11) is 1.24. The summed E-state index contributed by atoms with van der Waals surface area (Å²) in [5.41, 5.74) is 0. The second-order valence-electron chi connectivity index (χ2n) is 4.39. The lowest BCUT2D eigenvalue weighted by atomic mass is 9.96. The van der Waals surface area contributed by atoms with Crippen LogP contribution in [0.1, 0.15) is 12.2 Å². The monoisotopic (exact) mass is 265 g/mol. The minimum atomic E-state index is -0.862. The summed E-state index contributed by atoms with van der Waals surface area (Å²) in [6, 6.07) is 3.42. The van der Waals surface area contributed by atoms with Gasteiger partial charge < -0.3 is 14.1 Å². The largest absolute Gasteiger partial charge is 0.469 e. The van der Waals surface area contributed by atoms with Gasteiger partial charge >= 0.3 is 5.97 Å². The summed E-state index contributed by atoms with van der Waals surface area (Å²) in [6.45, 7) is 0.427. The van der Waals surface area contributed by atoms with Crippen molar-refractivity contribution in [3.8, 4) is 0 Å². The number of nitrogens with zero attached hydrogens (tertiary/aromatic N) is 1. The second-order valence-corrected chi connectivity index (χ2v) is 4.39. The van der Waals surface area contributed by atoms with E-state index in [0.717, 1.165) is 0 Å². The molecule has 19 heavy (non-hydrogen) atoms. The number of esters is 1. The third-order valence-electron chi connectivity index (χ3n) is 3.16. The maximum atomic E-state index is 12.0. The van der Waals surface area contributed by atoms with Crippen molar-refractivity contribution in [3.63, 3.8) is 0 Å². The quantitative estimate of drug-likeness (QED) is 0.584. The Morgan fingerprint density at radius 3 is 2.95 bits per heavy atom. The normalized spacial score (nSPS) is 19.3. The van der Waals surface area contributed by atoms with E-state index in [4.69, 9.17) is 4.42 Å². The van der Waals surface area contributed by atoms with Gasteiger partial charge in [0, 0.05) is 19.5 Å². The van der Waals surface area contributed by atoms with E-state index in [1.54, 1.807) is 12.1 Å². The molecule has 1 aromatic heterocycles. The molecule has 1 amide bonds. The molecule has 1 fully saturated rings. The fourth-order valence-corrected chi connectivity index (χ4v) is 2.08. The number of ketones is 1. The van der Waals surface area contributed by atoms with E-state index in [2.05, 4.69) is 4.74 Å². The summed E-state index contributed by atoms with van der Waals surface area (Å²) in [5, 5.41) is 0. The highest BCUT2D eigenvalue weighted by Crippen LogP contribution is 2.16. The lowest BCUT2D eigenvalue weighted by molar-refractivity contribution is -0.153. The van der Waals surface area contributed by atoms with Crippen LogP contribution in [0.4, 0.5) is 0 Å². The molecule has 1 aromatic rings. The van der Waals surface area contributed by atoms with Gasteiger partial charge in [-0.25, -0.2) is 0 Å². The number of Topliss-reactive ketones (excluding diaryl/α,β-unsaturated/α-hetero) is 1. The van der Waals surface area contributed by atoms with Crippen LogP contribution in [0, 0.1) is 5.92 Å². The zero-order valence-corrected chi connectivity index (χ0v) is 10.6. The number of rotatable bonds is 3. The van der Waals surface area contributed by atoms with Gasteiger partial charge in [-0.3, -0.25) is 14.4 Å². The predicted molar refractivity (Wildman–Crippen MR) is 64.1 cm³/mol. The van der Waals surface area contributed by atoms with Crippen molar-refractivity contribution in [2.24, 2.45) is 5.92 Å². The van der Waals surface area contributed by atoms with E-state index in [0.29, 0.717) is 12.3 Å². The molecule has 0 N–H and O–H groups in total. The smallest absolute Gasteiger partial charge is 0.318 e. The van der Waals surface area contributed by atoms with Crippen molar-refractivity contribution in [3.05, 3.63) is 24.2 Å². The molecule has 6 nitrogen and oxygen atoms in total. The fraction of sp³-hybridized carbons (Fsp3) is 0.462. The van der Waals surface area contributed by atoms with Gasteiger partial charge in [-0.1, -0.05) is 0 Å². The van der Waals surface area contributed by atoms with Crippen molar-refractivity contribution in [1.29, 1.82) is 0 Å². The van der Waals surface area contributed by atoms with Crippen LogP contribution in [0.15, 0.2) is 22.8 Å². The van der Waals surface area contributed by atoms with Gasteiger partial charge in [0.2, 0.25) is 5.91 Å². The Bertz CT molecular complexity index is 471. The molecule has 1 saturated heterocycles. The molecule has 102 valence electrons. The Morgan fingerprint density at radius 2 is 2.32 bits per heavy atom. The average Bonchev–Trinajstić information content (AvgIpc) is 2.91. The van der Waals surface area contributed by atoms with E-state index in [1.165, 1.54) is 18.3 Å². The Labute approximate surface area is 110 Å². The van der Waals surface area contributed by atoms with Gasteiger partial charge in [0.25, 0.3) is 0 Å². The molecular weight excluding hydrogens is 250 g/mol. The molecule has 6 heteroatoms. The van der Waals surface area contributed by atoms with Crippen LogP contribution in [0.2, 0.25) is 0 Å². The summed E-state index contributed by atoms with van der Waals surface area (Å²) in [4.78, 5) is 36.6. The van der Waals surface area contributed by atoms with E-state index in [9.17, 15) is 14.4 Å². The van der Waals surface area contributed by atoms with Crippen molar-refractivity contribution in [2.75, 3.05) is 20.2 Å². The standard InChI is InChI=1S/C13H15NO5/c1-18-13(17)10-8-14(5-4-11(10)15)12(16)7-9-3-2-6-19-9/h2-3,6,10H,4-5,7-8H2,1H3. The predicted octanol–water partition coefficient (Wildman–Crippen LogP) is 0.413. The zero-order chi connectivity index (χ0) is 13.8. The SMILES string of the molecule is COC(=O)C1CN(C(=O)Cc2ccco2)CCC1=O. The van der Waals surface area contributed by atoms with E-state index in [1.807, 2.05) is 0 Å². The van der Waals surface area contributed by atoms with Gasteiger partial charge in [-0.2, -0.15) is 0 Å². The number of ether oxygens (including phenoxy) is 1. The Hall–Kier alpha value is -2.11. The van der Waals surface area contributed by atoms with Crippen molar-refractivity contribution < 1.29 is 23.5 Å². The summed E-state index contributed by atoms with van der Waals surface area (Å²) >= 11 is 0. The number of methoxy groups -OCH3 is 1. The number of amides is 1. The first-order chi connectivity index (χ1) is 9.11. The molecule has 2 heterocycles. The van der Waals surface area contributed by atoms with Crippen LogP contribution in [-0.4, -0.2) is 42.8 Å². The molecule has 1 aliphatic rings. The summed E-state index contributed by atoms with van der Waals surface area (Å²) in [5.74, 6) is -1.21. The molecule has 0 aromatic carbocycles. The van der Waals surface area contributed by atoms with Gasteiger partial charge in [-0.05, 0) is 12.1 Å². The first kappa shape index (κ1) is 13.3. The minimum absolute atomic E-state index is 0.0883. The molecule has 0 bridgehead atoms. The molecule has 0 saturated carbocycles. The van der Waals surface area contributed by atoms with Gasteiger partial charge in [0.05, 0.1) is 19.8 Å². The number of likely N-dealkylation sites (tertiary alicyclic amines) is 1. The summed E-state index contributed by atoms with van der Waals surface area (Å²) in [6.07, 6.45) is 1.82. The third kappa shape index (κ3) is 3.01. The average molecular weight is 265 g/mol. The van der Waals surface area contributed by atoms with E-state index >= 15 is 0 Å². The lowest BCUT2D eigenvalue weighted by Crippen LogP contribution is -2.47. The van der Waals surface area contributed by atoms with Crippen molar-refractivity contribution >= 4 is 17.7 Å². The molecule has 1 atom stereocenters. The van der Waals surface area contributed by atoms with Crippen molar-refractivity contribution in [2.45, 2.75) is 12.8 Å². The lowest BCUT2D eigenvalue weighted by Gasteiger charge is -2.30. The number of hydrogen-bond donors (Lipinski definition) is 0. The Balaban J connectivity index is 1.99. The number of carbonyl (C=O) groups excluding carboxylic acids is 3. The summed E-state index contributed by atoms with van der Waals surface area (Å²) < 4.78 is 9.68. The molecule has 1 aliphatic heterocycles. The molecule has 0 aliphatic carbocycles. The van der Waals surface area contributed by atoms with E-state index < -0.39 is 11.9 Å². The topological polar surface area (TPSA) is 76.8 Å². The molecule has 2 rings (SSSR count). The van der Waals surface area contributed by atoms with Crippen LogP contribution in [0.3, 0.4) is 0 Å². The van der Waals surface area contributed by atoms with Crippen molar-refractivity contribution in [1.82, 2.24) is 4.90 Å². The Kier molecular flexibility index (Phi) is 3.99. The maximum Gasteiger partial charge on any atom is 0.318 e. The van der Waals surface area contributed by atoms with Gasteiger partial charge in [0.15, 0.2) is 5.78 Å². The zero-order valence-electron chi connectivity index (χ0n) is 10.6. The molecular formula is C13H15NO5. The number of hydrogen-bond acceptors (Lipinski definition) is 5. The first-order valence-electron chi connectivity index (χ1n) is 6.02. The van der Waals surface area contributed by atoms with Gasteiger partial charge in [-0.15, -0.1) is 0 Å². The highest BCUT2D eigenvalue weighted by molar-refractivity contribution is 6.00. The molecule has 1 unspecified atom stereocenters. The minimum Gasteiger partial charge on any atom is -0.469 e. The maximum absolute atomic E-state index is 12.0. The number of furan rings is 1. The molecule has 0 radical (unpaired) electrons. The first-order valence-corrected chi connectivity index (χ1v) is 6.02. The third-order valence-corrected chi connectivity index (χ3v) is 3.16. The number of piperidine rings is 1.